The molecule has 0 N–H and O–H groups in total. The van der Waals surface area contributed by atoms with E-state index in [1.54, 1.807) is 0 Å². The number of hydrogen-bond donors (Lipinski definition) is 0. The number of furan rings is 1. The fraction of sp³-hybridized carbons (Fsp3) is 0.0175. The van der Waals surface area contributed by atoms with Crippen molar-refractivity contribution in [1.29, 1.82) is 0 Å². The van der Waals surface area contributed by atoms with Crippen LogP contribution in [0.25, 0.3) is 65.7 Å². The molecule has 0 fully saturated rings. The van der Waals surface area contributed by atoms with Crippen molar-refractivity contribution in [1.82, 2.24) is 0 Å². The molecule has 12 rings (SSSR count). The van der Waals surface area contributed by atoms with Crippen LogP contribution in [0, 0.1) is 0 Å². The zero-order chi connectivity index (χ0) is 38.9. The van der Waals surface area contributed by atoms with Crippen molar-refractivity contribution in [3.8, 4) is 22.3 Å². The molecule has 1 heterocycles. The zero-order valence-corrected chi connectivity index (χ0v) is 32.2. The molecule has 2 heteroatoms. The van der Waals surface area contributed by atoms with E-state index in [-0.39, 0.29) is 0 Å². The van der Waals surface area contributed by atoms with E-state index in [2.05, 4.69) is 229 Å². The number of para-hydroxylation sites is 1. The van der Waals surface area contributed by atoms with Gasteiger partial charge in [-0.1, -0.05) is 170 Å². The molecule has 11 aromatic rings. The van der Waals surface area contributed by atoms with E-state index in [0.717, 1.165) is 50.1 Å². The molecule has 0 radical (unpaired) electrons. The molecule has 0 amide bonds. The predicted molar refractivity (Wildman–Crippen MR) is 246 cm³/mol. The summed E-state index contributed by atoms with van der Waals surface area (Å²) >= 11 is 0. The van der Waals surface area contributed by atoms with Crippen molar-refractivity contribution in [3.63, 3.8) is 0 Å². The van der Waals surface area contributed by atoms with Crippen LogP contribution >= 0.6 is 0 Å². The summed E-state index contributed by atoms with van der Waals surface area (Å²) in [5, 5.41) is 7.00. The molecule has 1 aromatic heterocycles. The molecule has 276 valence electrons. The Hall–Kier alpha value is -7.68. The molecule has 0 bridgehead atoms. The van der Waals surface area contributed by atoms with Crippen LogP contribution in [0.5, 0.6) is 0 Å². The second-order valence-electron chi connectivity index (χ2n) is 15.6. The third kappa shape index (κ3) is 5.06. The van der Waals surface area contributed by atoms with Gasteiger partial charge in [0.15, 0.2) is 0 Å². The highest BCUT2D eigenvalue weighted by Crippen LogP contribution is 2.57. The molecule has 1 aliphatic carbocycles. The van der Waals surface area contributed by atoms with Gasteiger partial charge in [0.25, 0.3) is 0 Å². The van der Waals surface area contributed by atoms with Crippen LogP contribution in [-0.2, 0) is 5.41 Å². The molecular formula is C57H37NO. The van der Waals surface area contributed by atoms with Gasteiger partial charge in [0.1, 0.15) is 11.2 Å². The minimum atomic E-state index is -0.502. The smallest absolute Gasteiger partial charge is 0.143 e. The summed E-state index contributed by atoms with van der Waals surface area (Å²) in [5.74, 6) is 0. The molecule has 10 aromatic carbocycles. The van der Waals surface area contributed by atoms with Gasteiger partial charge in [-0.3, -0.25) is 0 Å². The van der Waals surface area contributed by atoms with Crippen molar-refractivity contribution in [2.45, 2.75) is 5.41 Å². The molecule has 59 heavy (non-hydrogen) atoms. The first kappa shape index (κ1) is 33.5. The number of nitrogens with zero attached hydrogens (tertiary/aromatic N) is 1. The van der Waals surface area contributed by atoms with Gasteiger partial charge < -0.3 is 9.32 Å². The maximum absolute atomic E-state index is 6.91. The predicted octanol–water partition coefficient (Wildman–Crippen LogP) is 15.4. The average molecular weight is 752 g/mol. The molecular weight excluding hydrogens is 715 g/mol. The standard InChI is InChI=1S/C57H37NO/c1-4-19-42(20-5-1)57(43-21-6-2-7-22-43)52-27-15-14-26-48(52)49-32-30-46(37-53(49)57)58(44-23-8-3-9-24-44)45-31-33-54-50(36-45)51-35-40-18-12-13-25-47(40)55(56(51)59-54)41-29-28-38-16-10-11-17-39(38)34-41/h1-37H. The Balaban J connectivity index is 1.10. The first-order chi connectivity index (χ1) is 29.3. The Morgan fingerprint density at radius 3 is 1.75 bits per heavy atom. The lowest BCUT2D eigenvalue weighted by Crippen LogP contribution is -2.28. The maximum atomic E-state index is 6.91. The summed E-state index contributed by atoms with van der Waals surface area (Å²) in [5.41, 5.74) is 14.4. The van der Waals surface area contributed by atoms with Crippen LogP contribution in [0.2, 0.25) is 0 Å². The minimum Gasteiger partial charge on any atom is -0.455 e. The lowest BCUT2D eigenvalue weighted by atomic mass is 9.67. The van der Waals surface area contributed by atoms with Crippen molar-refractivity contribution in [2.24, 2.45) is 0 Å². The SMILES string of the molecule is c1ccc(N(c2ccc3c(c2)C(c2ccccc2)(c2ccccc2)c2ccccc2-3)c2ccc3oc4c(-c5ccc6ccccc6c5)c5ccccc5cc4c3c2)cc1. The highest BCUT2D eigenvalue weighted by molar-refractivity contribution is 6.19. The van der Waals surface area contributed by atoms with E-state index in [9.17, 15) is 0 Å². The molecule has 0 aliphatic heterocycles. The Bertz CT molecular complexity index is 3340. The summed E-state index contributed by atoms with van der Waals surface area (Å²) < 4.78 is 6.91. The Morgan fingerprint density at radius 2 is 0.966 bits per heavy atom. The zero-order valence-electron chi connectivity index (χ0n) is 32.2. The summed E-state index contributed by atoms with van der Waals surface area (Å²) in [7, 11) is 0. The first-order valence-electron chi connectivity index (χ1n) is 20.3. The lowest BCUT2D eigenvalue weighted by Gasteiger charge is -2.35. The fourth-order valence-corrected chi connectivity index (χ4v) is 9.93. The summed E-state index contributed by atoms with van der Waals surface area (Å²) in [6, 6.07) is 81.7. The van der Waals surface area contributed by atoms with Crippen molar-refractivity contribution >= 4 is 60.5 Å². The molecule has 1 aliphatic rings. The van der Waals surface area contributed by atoms with Gasteiger partial charge in [-0.15, -0.1) is 0 Å². The third-order valence-corrected chi connectivity index (χ3v) is 12.5. The summed E-state index contributed by atoms with van der Waals surface area (Å²) in [4.78, 5) is 2.40. The van der Waals surface area contributed by atoms with E-state index in [1.807, 2.05) is 0 Å². The Labute approximate surface area is 342 Å². The second-order valence-corrected chi connectivity index (χ2v) is 15.6. The lowest BCUT2D eigenvalue weighted by molar-refractivity contribution is 0.670. The highest BCUT2D eigenvalue weighted by Gasteiger charge is 2.46. The normalized spacial score (nSPS) is 12.9. The monoisotopic (exact) mass is 751 g/mol. The quantitative estimate of drug-likeness (QED) is 0.168. The van der Waals surface area contributed by atoms with Crippen molar-refractivity contribution < 1.29 is 4.42 Å². The molecule has 0 saturated carbocycles. The van der Waals surface area contributed by atoms with Crippen LogP contribution < -0.4 is 4.90 Å². The van der Waals surface area contributed by atoms with E-state index in [0.29, 0.717) is 0 Å². The van der Waals surface area contributed by atoms with Crippen LogP contribution in [0.3, 0.4) is 0 Å². The molecule has 0 unspecified atom stereocenters. The minimum absolute atomic E-state index is 0.502. The average Bonchev–Trinajstić information content (AvgIpc) is 3.82. The molecule has 0 spiro atoms. The van der Waals surface area contributed by atoms with E-state index < -0.39 is 5.41 Å². The fourth-order valence-electron chi connectivity index (χ4n) is 9.93. The van der Waals surface area contributed by atoms with Gasteiger partial charge in [-0.25, -0.2) is 0 Å². The van der Waals surface area contributed by atoms with Crippen molar-refractivity contribution in [3.05, 3.63) is 247 Å². The van der Waals surface area contributed by atoms with Crippen molar-refractivity contribution in [2.75, 3.05) is 4.90 Å². The maximum Gasteiger partial charge on any atom is 0.143 e. The Morgan fingerprint density at radius 1 is 0.356 bits per heavy atom. The number of fused-ring (bicyclic) bond motifs is 8. The largest absolute Gasteiger partial charge is 0.455 e. The number of hydrogen-bond acceptors (Lipinski definition) is 2. The van der Waals surface area contributed by atoms with E-state index in [4.69, 9.17) is 4.42 Å². The number of anilines is 3. The van der Waals surface area contributed by atoms with E-state index >= 15 is 0 Å². The highest BCUT2D eigenvalue weighted by atomic mass is 16.3. The van der Waals surface area contributed by atoms with Gasteiger partial charge >= 0.3 is 0 Å². The number of rotatable bonds is 6. The third-order valence-electron chi connectivity index (χ3n) is 12.5. The molecule has 2 nitrogen and oxygen atoms in total. The number of benzene rings is 10. The van der Waals surface area contributed by atoms with Crippen LogP contribution in [0.1, 0.15) is 22.3 Å². The van der Waals surface area contributed by atoms with Gasteiger partial charge in [-0.2, -0.15) is 0 Å². The second kappa shape index (κ2) is 13.2. The molecule has 0 saturated heterocycles. The van der Waals surface area contributed by atoms with Gasteiger partial charge in [-0.05, 0) is 115 Å². The topological polar surface area (TPSA) is 16.4 Å². The summed E-state index contributed by atoms with van der Waals surface area (Å²) in [6.07, 6.45) is 0. The van der Waals surface area contributed by atoms with Crippen LogP contribution in [-0.4, -0.2) is 0 Å². The van der Waals surface area contributed by atoms with Crippen LogP contribution in [0.15, 0.2) is 229 Å². The Kier molecular flexibility index (Phi) is 7.48. The van der Waals surface area contributed by atoms with E-state index in [1.165, 1.54) is 54.9 Å². The van der Waals surface area contributed by atoms with Crippen LogP contribution in [0.4, 0.5) is 17.1 Å². The molecule has 0 atom stereocenters. The van der Waals surface area contributed by atoms with Gasteiger partial charge in [0.05, 0.1) is 5.41 Å². The summed E-state index contributed by atoms with van der Waals surface area (Å²) in [6.45, 7) is 0. The first-order valence-corrected chi connectivity index (χ1v) is 20.3. The van der Waals surface area contributed by atoms with Gasteiger partial charge in [0, 0.05) is 33.4 Å². The van der Waals surface area contributed by atoms with Gasteiger partial charge in [0.2, 0.25) is 0 Å².